The molecule has 0 spiro atoms. The maximum atomic E-state index is 15.5. The highest BCUT2D eigenvalue weighted by Gasteiger charge is 2.50. The van der Waals surface area contributed by atoms with Gasteiger partial charge in [0.15, 0.2) is 0 Å². The summed E-state index contributed by atoms with van der Waals surface area (Å²) in [6.45, 7) is 2.43. The minimum atomic E-state index is -2.89. The lowest BCUT2D eigenvalue weighted by Gasteiger charge is -2.40. The Bertz CT molecular complexity index is 2000. The second kappa shape index (κ2) is 15.4. The number of nitrogens with two attached hydrogens (primary N) is 1. The number of piperazine rings is 1. The van der Waals surface area contributed by atoms with Crippen molar-refractivity contribution in [2.75, 3.05) is 45.1 Å². The van der Waals surface area contributed by atoms with Gasteiger partial charge in [0.1, 0.15) is 5.82 Å². The number of benzene rings is 2. The van der Waals surface area contributed by atoms with Crippen LogP contribution in [-0.2, 0) is 24.8 Å². The first-order valence-corrected chi connectivity index (χ1v) is 18.2. The maximum absolute atomic E-state index is 15.5. The first-order chi connectivity index (χ1) is 25.5. The SMILES string of the molecule is Cn1ccc(-c2cnc(N)c(C(=O)N[C@H]3CCC[C@@H]3OCc3ccc(-c4ccc5c(c4)CC(F)(F)C5N4CCN(CC(O)CO)CC4)cc3)c2)cc1=O. The van der Waals surface area contributed by atoms with Gasteiger partial charge in [0.05, 0.1) is 43.1 Å². The summed E-state index contributed by atoms with van der Waals surface area (Å²) in [5, 5.41) is 22.0. The molecule has 3 aliphatic rings. The Kier molecular flexibility index (Phi) is 10.7. The third-order valence-electron chi connectivity index (χ3n) is 10.8. The predicted molar refractivity (Wildman–Crippen MR) is 197 cm³/mol. The van der Waals surface area contributed by atoms with Gasteiger partial charge in [-0.05, 0) is 64.8 Å². The molecule has 2 unspecified atom stereocenters. The topological polar surface area (TPSA) is 146 Å². The smallest absolute Gasteiger partial charge is 0.271 e. The van der Waals surface area contributed by atoms with Crippen LogP contribution in [0.2, 0.25) is 0 Å². The van der Waals surface area contributed by atoms with Gasteiger partial charge < -0.3 is 30.6 Å². The number of carbonyl (C=O) groups excluding carboxylic acids is 1. The Hall–Kier alpha value is -4.53. The minimum Gasteiger partial charge on any atom is -0.394 e. The number of ether oxygens (including phenoxy) is 1. The number of carbonyl (C=O) groups is 1. The van der Waals surface area contributed by atoms with Crippen LogP contribution < -0.4 is 16.6 Å². The van der Waals surface area contributed by atoms with Gasteiger partial charge in [-0.25, -0.2) is 13.8 Å². The molecule has 53 heavy (non-hydrogen) atoms. The van der Waals surface area contributed by atoms with Crippen molar-refractivity contribution < 1.29 is 28.5 Å². The summed E-state index contributed by atoms with van der Waals surface area (Å²) < 4.78 is 38.7. The number of nitrogens with zero attached hydrogens (tertiary/aromatic N) is 4. The molecule has 1 amide bonds. The summed E-state index contributed by atoms with van der Waals surface area (Å²) >= 11 is 0. The molecule has 1 aliphatic heterocycles. The Morgan fingerprint density at radius 1 is 1.02 bits per heavy atom. The summed E-state index contributed by atoms with van der Waals surface area (Å²) in [5.74, 6) is -3.13. The molecule has 2 aromatic heterocycles. The number of hydrogen-bond donors (Lipinski definition) is 4. The standard InChI is InChI=1S/C40H46F2N6O5/c1-46-12-11-28(19-36(46)51)30-18-33(38(43)44-21-30)39(52)45-34-3-2-4-35(34)53-24-25-5-7-26(8-6-25)27-9-10-32-29(17-27)20-40(41,42)37(32)48-15-13-47(14-16-48)22-31(50)23-49/h5-12,17-19,21,31,34-35,37,49-50H,2-4,13-16,20,22-24H2,1H3,(H2,43,44)(H,45,52)/t31?,34-,35-,37?/m0/s1. The number of aliphatic hydroxyl groups is 2. The van der Waals surface area contributed by atoms with E-state index >= 15 is 8.78 Å². The van der Waals surface area contributed by atoms with Crippen LogP contribution in [0.4, 0.5) is 14.6 Å². The summed E-state index contributed by atoms with van der Waals surface area (Å²) in [7, 11) is 1.67. The molecule has 2 fully saturated rings. The summed E-state index contributed by atoms with van der Waals surface area (Å²) in [6.07, 6.45) is 4.35. The molecule has 3 heterocycles. The Morgan fingerprint density at radius 2 is 1.75 bits per heavy atom. The fourth-order valence-electron chi connectivity index (χ4n) is 7.88. The average Bonchev–Trinajstić information content (AvgIpc) is 3.71. The van der Waals surface area contributed by atoms with Crippen LogP contribution in [0, 0.1) is 0 Å². The number of amides is 1. The molecule has 0 radical (unpaired) electrons. The number of β-amino-alcohol motifs (C(OH)–C–C–N with tert-alkyl or cyclic N) is 1. The summed E-state index contributed by atoms with van der Waals surface area (Å²) in [4.78, 5) is 33.6. The van der Waals surface area contributed by atoms with Crippen molar-refractivity contribution >= 4 is 11.7 Å². The van der Waals surface area contributed by atoms with Gasteiger partial charge in [0.2, 0.25) is 0 Å². The van der Waals surface area contributed by atoms with Gasteiger partial charge in [0.25, 0.3) is 17.4 Å². The van der Waals surface area contributed by atoms with Gasteiger partial charge in [-0.1, -0.05) is 42.5 Å². The highest BCUT2D eigenvalue weighted by Crippen LogP contribution is 2.48. The zero-order valence-electron chi connectivity index (χ0n) is 29.8. The van der Waals surface area contributed by atoms with Crippen molar-refractivity contribution in [1.29, 1.82) is 0 Å². The van der Waals surface area contributed by atoms with Crippen molar-refractivity contribution in [2.24, 2.45) is 7.05 Å². The monoisotopic (exact) mass is 728 g/mol. The number of pyridine rings is 2. The van der Waals surface area contributed by atoms with E-state index in [1.54, 1.807) is 31.6 Å². The van der Waals surface area contributed by atoms with Crippen molar-refractivity contribution in [1.82, 2.24) is 24.7 Å². The minimum absolute atomic E-state index is 0.106. The zero-order valence-corrected chi connectivity index (χ0v) is 29.8. The van der Waals surface area contributed by atoms with E-state index in [0.717, 1.165) is 36.0 Å². The van der Waals surface area contributed by atoms with Crippen LogP contribution in [-0.4, -0.2) is 99.0 Å². The average molecular weight is 729 g/mol. The maximum Gasteiger partial charge on any atom is 0.271 e. The van der Waals surface area contributed by atoms with E-state index in [2.05, 4.69) is 10.3 Å². The van der Waals surface area contributed by atoms with E-state index in [-0.39, 0.29) is 48.0 Å². The highest BCUT2D eigenvalue weighted by atomic mass is 19.3. The van der Waals surface area contributed by atoms with Crippen LogP contribution in [0.25, 0.3) is 22.3 Å². The Labute approximate surface area is 307 Å². The number of fused-ring (bicyclic) bond motifs is 1. The number of halogens is 2. The first-order valence-electron chi connectivity index (χ1n) is 18.2. The van der Waals surface area contributed by atoms with E-state index in [1.807, 2.05) is 52.3 Å². The highest BCUT2D eigenvalue weighted by molar-refractivity contribution is 5.99. The molecule has 1 saturated carbocycles. The van der Waals surface area contributed by atoms with Crippen LogP contribution in [0.15, 0.2) is 77.9 Å². The van der Waals surface area contributed by atoms with E-state index in [9.17, 15) is 14.7 Å². The molecule has 280 valence electrons. The number of nitrogen functional groups attached to an aromatic ring is 1. The van der Waals surface area contributed by atoms with Gasteiger partial charge >= 0.3 is 0 Å². The first kappa shape index (κ1) is 36.8. The third kappa shape index (κ3) is 8.04. The number of anilines is 1. The predicted octanol–water partition coefficient (Wildman–Crippen LogP) is 3.77. The summed E-state index contributed by atoms with van der Waals surface area (Å²) in [5.41, 5.74) is 11.5. The van der Waals surface area contributed by atoms with Gasteiger partial charge in [0, 0.05) is 70.2 Å². The van der Waals surface area contributed by atoms with Crippen molar-refractivity contribution in [3.8, 4) is 22.3 Å². The lowest BCUT2D eigenvalue weighted by molar-refractivity contribution is -0.0838. The largest absolute Gasteiger partial charge is 0.394 e. The fraction of sp³-hybridized carbons (Fsp3) is 0.425. The molecule has 5 N–H and O–H groups in total. The van der Waals surface area contributed by atoms with Crippen LogP contribution in [0.5, 0.6) is 0 Å². The van der Waals surface area contributed by atoms with Crippen LogP contribution in [0.3, 0.4) is 0 Å². The summed E-state index contributed by atoms with van der Waals surface area (Å²) in [6, 6.07) is 17.3. The fourth-order valence-corrected chi connectivity index (χ4v) is 7.88. The molecule has 2 aromatic carbocycles. The number of nitrogens with one attached hydrogen (secondary N) is 1. The van der Waals surface area contributed by atoms with Crippen LogP contribution in [0.1, 0.15) is 52.4 Å². The van der Waals surface area contributed by atoms with Gasteiger partial charge in [-0.15, -0.1) is 0 Å². The third-order valence-corrected chi connectivity index (χ3v) is 10.8. The van der Waals surface area contributed by atoms with E-state index in [4.69, 9.17) is 15.6 Å². The Balaban J connectivity index is 0.956. The Morgan fingerprint density at radius 3 is 2.49 bits per heavy atom. The number of aliphatic hydroxyl groups excluding tert-OH is 2. The van der Waals surface area contributed by atoms with Crippen molar-refractivity contribution in [3.63, 3.8) is 0 Å². The number of aryl methyl sites for hydroxylation is 1. The lowest BCUT2D eigenvalue weighted by atomic mass is 9.98. The second-order valence-electron chi connectivity index (χ2n) is 14.5. The number of hydrogen-bond acceptors (Lipinski definition) is 9. The number of aromatic nitrogens is 2. The molecule has 13 heteroatoms. The molecule has 4 aromatic rings. The van der Waals surface area contributed by atoms with Crippen molar-refractivity contribution in [2.45, 2.75) is 62.5 Å². The molecule has 7 rings (SSSR count). The molecular weight excluding hydrogens is 682 g/mol. The van der Waals surface area contributed by atoms with Gasteiger partial charge in [-0.2, -0.15) is 0 Å². The molecule has 11 nitrogen and oxygen atoms in total. The number of alkyl halides is 2. The number of rotatable bonds is 11. The van der Waals surface area contributed by atoms with E-state index in [0.29, 0.717) is 61.6 Å². The van der Waals surface area contributed by atoms with Gasteiger partial charge in [-0.3, -0.25) is 19.4 Å². The van der Waals surface area contributed by atoms with Crippen molar-refractivity contribution in [3.05, 3.63) is 106 Å². The zero-order chi connectivity index (χ0) is 37.3. The lowest BCUT2D eigenvalue weighted by Crippen LogP contribution is -2.52. The van der Waals surface area contributed by atoms with E-state index in [1.165, 1.54) is 10.6 Å². The molecule has 4 atom stereocenters. The van der Waals surface area contributed by atoms with Crippen LogP contribution >= 0.6 is 0 Å². The molecule has 2 aliphatic carbocycles. The van der Waals surface area contributed by atoms with E-state index < -0.39 is 18.1 Å². The molecular formula is C40H46F2N6O5. The normalized spacial score (nSPS) is 22.1. The molecule has 0 bridgehead atoms. The quantitative estimate of drug-likeness (QED) is 0.181. The second-order valence-corrected chi connectivity index (χ2v) is 14.5. The molecule has 1 saturated heterocycles.